The van der Waals surface area contributed by atoms with E-state index < -0.39 is 90.9 Å². The van der Waals surface area contributed by atoms with E-state index in [2.05, 4.69) is 10.6 Å². The average molecular weight is 1030 g/mol. The van der Waals surface area contributed by atoms with Gasteiger partial charge in [-0.2, -0.15) is 0 Å². The van der Waals surface area contributed by atoms with Crippen LogP contribution in [0, 0.1) is 10.8 Å². The smallest absolute Gasteiger partial charge is 0.307 e. The molecule has 2 rings (SSSR count). The van der Waals surface area contributed by atoms with Crippen LogP contribution in [0.2, 0.25) is 0 Å². The molecule has 2 atom stereocenters. The molecule has 0 saturated heterocycles. The highest BCUT2D eigenvalue weighted by atomic mass is 16.6. The summed E-state index contributed by atoms with van der Waals surface area (Å²) in [5.74, 6) is -3.19. The summed E-state index contributed by atoms with van der Waals surface area (Å²) in [6.45, 7) is 19.7. The number of ether oxygens (including phenoxy) is 2. The summed E-state index contributed by atoms with van der Waals surface area (Å²) in [4.78, 5) is 76.2. The highest BCUT2D eigenvalue weighted by Gasteiger charge is 2.41. The van der Waals surface area contributed by atoms with Crippen LogP contribution in [-0.2, 0) is 38.2 Å². The number of nitrogens with one attached hydrogen (secondary N) is 2. The van der Waals surface area contributed by atoms with Crippen molar-refractivity contribution in [3.05, 3.63) is 130 Å². The molecule has 0 heterocycles. The first-order valence-corrected chi connectivity index (χ1v) is 24.9. The van der Waals surface area contributed by atoms with Gasteiger partial charge in [-0.05, 0) is 88.5 Å². The van der Waals surface area contributed by atoms with Crippen LogP contribution in [0.25, 0.3) is 0 Å². The first kappa shape index (κ1) is 66.1. The van der Waals surface area contributed by atoms with Crippen molar-refractivity contribution >= 4 is 35.3 Å². The molecule has 0 aliphatic heterocycles. The van der Waals surface area contributed by atoms with Crippen molar-refractivity contribution < 1.29 is 68.9 Å². The lowest BCUT2D eigenvalue weighted by atomic mass is 9.71. The molecule has 74 heavy (non-hydrogen) atoms. The maximum Gasteiger partial charge on any atom is 0.307 e. The van der Waals surface area contributed by atoms with Gasteiger partial charge < -0.3 is 50.7 Å². The van der Waals surface area contributed by atoms with E-state index in [4.69, 9.17) is 14.6 Å². The number of esters is 2. The molecule has 16 nitrogen and oxygen atoms in total. The van der Waals surface area contributed by atoms with E-state index in [9.17, 15) is 54.3 Å². The van der Waals surface area contributed by atoms with Gasteiger partial charge in [0.25, 0.3) is 0 Å². The van der Waals surface area contributed by atoms with Crippen molar-refractivity contribution in [2.45, 2.75) is 145 Å². The van der Waals surface area contributed by atoms with Gasteiger partial charge in [0.15, 0.2) is 23.8 Å². The molecule has 410 valence electrons. The molecular formula is C58H84N2O14. The number of aliphatic hydroxyl groups excluding tert-OH is 6. The number of carbonyl (C=O) groups is 6. The molecule has 2 amide bonds. The number of allylic oxidation sites excluding steroid dienone is 20. The fourth-order valence-electron chi connectivity index (χ4n) is 7.78. The van der Waals surface area contributed by atoms with Gasteiger partial charge in [-0.1, -0.05) is 135 Å². The third-order valence-corrected chi connectivity index (χ3v) is 12.4. The molecule has 16 heteroatoms. The maximum absolute atomic E-state index is 13.3. The zero-order valence-electron chi connectivity index (χ0n) is 45.7. The van der Waals surface area contributed by atoms with E-state index in [0.29, 0.717) is 11.1 Å². The van der Waals surface area contributed by atoms with E-state index in [0.717, 1.165) is 33.4 Å². The standard InChI is InChI=1S/C56H78N2O13.C2H6O/c1-37(18-14-20-39(3)22-24-43-41(5)51(68)45(30-53(43,7)8)70-49(66)28-26-47(64)57-55(11,32-59)33-60)16-12-13-17-38(2)19-15-21-40(4)23-25-44-42(6)52(69)46(31-54(44,9)10)71-50(67)29-27-48(65)58-56(34-61,35-62)36-63;1-2-3/h12-25,45-46,59-63H,26-36H2,1-11H3,(H,57,64)(H,58,65);3H,2H2,1H3/b13-12+,18-14+,19-15+,24-22+,25-23+,37-16+,38-17+,39-20+,40-21+;. The Morgan fingerprint density at radius 1 is 0.554 bits per heavy atom. The molecule has 0 fully saturated rings. The number of Topliss-reactive ketones (excluding diaryl/α,β-unsaturated/α-hetero) is 2. The molecule has 0 aromatic rings. The Labute approximate surface area is 438 Å². The van der Waals surface area contributed by atoms with Crippen molar-refractivity contribution in [2.75, 3.05) is 39.6 Å². The van der Waals surface area contributed by atoms with Gasteiger partial charge in [0.2, 0.25) is 11.8 Å². The number of rotatable bonds is 25. The van der Waals surface area contributed by atoms with Crippen molar-refractivity contribution in [2.24, 2.45) is 10.8 Å². The molecule has 8 N–H and O–H groups in total. The molecule has 2 aliphatic rings. The van der Waals surface area contributed by atoms with Crippen LogP contribution < -0.4 is 10.6 Å². The van der Waals surface area contributed by atoms with Crippen LogP contribution in [0.4, 0.5) is 0 Å². The third kappa shape index (κ3) is 22.3. The molecule has 0 radical (unpaired) electrons. The number of hydrogen-bond donors (Lipinski definition) is 8. The predicted octanol–water partition coefficient (Wildman–Crippen LogP) is 6.26. The molecule has 0 aromatic heterocycles. The Hall–Kier alpha value is -5.88. The second-order valence-electron chi connectivity index (χ2n) is 20.4. The summed E-state index contributed by atoms with van der Waals surface area (Å²) in [7, 11) is 0. The van der Waals surface area contributed by atoms with Crippen molar-refractivity contribution in [1.29, 1.82) is 0 Å². The van der Waals surface area contributed by atoms with Gasteiger partial charge in [0, 0.05) is 32.3 Å². The van der Waals surface area contributed by atoms with Gasteiger partial charge in [-0.25, -0.2) is 0 Å². The molecule has 2 aliphatic carbocycles. The largest absolute Gasteiger partial charge is 0.454 e. The van der Waals surface area contributed by atoms with E-state index in [1.165, 1.54) is 6.92 Å². The fourth-order valence-corrected chi connectivity index (χ4v) is 7.78. The SMILES string of the molecule is CC1=C(/C=C/C(C)=C/C=C/C(C)=C/C=C/C=C(C)/C=C/C=C(C)/C=C/C2=C(C)C(=O)C(OC(=O)CCC(=O)NC(CO)(CO)CO)CC2(C)C)C(C)(C)CC(OC(=O)CCC(=O)NC(C)(CO)CO)C1=O.CCO. The Morgan fingerprint density at radius 2 is 0.878 bits per heavy atom. The topological polar surface area (TPSA) is 266 Å². The first-order chi connectivity index (χ1) is 34.6. The van der Waals surface area contributed by atoms with E-state index in [1.807, 2.05) is 140 Å². The Morgan fingerprint density at radius 3 is 1.22 bits per heavy atom. The molecule has 0 spiro atoms. The minimum absolute atomic E-state index is 0.211. The van der Waals surface area contributed by atoms with Crippen molar-refractivity contribution in [1.82, 2.24) is 10.6 Å². The normalized spacial score (nSPS) is 19.3. The first-order valence-electron chi connectivity index (χ1n) is 24.9. The fraction of sp³-hybridized carbons (Fsp3) is 0.517. The lowest BCUT2D eigenvalue weighted by Gasteiger charge is -2.36. The second-order valence-corrected chi connectivity index (χ2v) is 20.4. The van der Waals surface area contributed by atoms with Gasteiger partial charge in [-0.15, -0.1) is 0 Å². The summed E-state index contributed by atoms with van der Waals surface area (Å²) in [5.41, 5.74) is 2.89. The minimum Gasteiger partial charge on any atom is -0.454 e. The Bertz CT molecular complexity index is 2310. The minimum atomic E-state index is -1.60. The zero-order valence-corrected chi connectivity index (χ0v) is 45.7. The van der Waals surface area contributed by atoms with Crippen molar-refractivity contribution in [3.8, 4) is 0 Å². The summed E-state index contributed by atoms with van der Waals surface area (Å²) in [5, 5.41) is 59.4. The lowest BCUT2D eigenvalue weighted by molar-refractivity contribution is -0.156. The zero-order chi connectivity index (χ0) is 56.5. The van der Waals surface area contributed by atoms with Gasteiger partial charge in [0.1, 0.15) is 5.54 Å². The van der Waals surface area contributed by atoms with Crippen LogP contribution in [0.5, 0.6) is 0 Å². The number of amides is 2. The molecule has 2 unspecified atom stereocenters. The van der Waals surface area contributed by atoms with Crippen LogP contribution in [0.1, 0.15) is 122 Å². The number of ketones is 2. The lowest BCUT2D eigenvalue weighted by Crippen LogP contribution is -2.57. The monoisotopic (exact) mass is 1030 g/mol. The van der Waals surface area contributed by atoms with E-state index >= 15 is 0 Å². The van der Waals surface area contributed by atoms with Crippen LogP contribution in [-0.4, -0.2) is 129 Å². The second kappa shape index (κ2) is 31.8. The molecule has 0 bridgehead atoms. The number of carbonyl (C=O) groups excluding carboxylic acids is 6. The van der Waals surface area contributed by atoms with Crippen LogP contribution in [0.15, 0.2) is 130 Å². The summed E-state index contributed by atoms with van der Waals surface area (Å²) < 4.78 is 11.0. The van der Waals surface area contributed by atoms with Crippen molar-refractivity contribution in [3.63, 3.8) is 0 Å². The van der Waals surface area contributed by atoms with Gasteiger partial charge in [-0.3, -0.25) is 28.8 Å². The molecular weight excluding hydrogens is 949 g/mol. The molecule has 0 aromatic carbocycles. The van der Waals surface area contributed by atoms with Gasteiger partial charge in [0.05, 0.1) is 51.4 Å². The van der Waals surface area contributed by atoms with E-state index in [1.54, 1.807) is 20.8 Å². The van der Waals surface area contributed by atoms with E-state index in [-0.39, 0.29) is 56.7 Å². The predicted molar refractivity (Wildman–Crippen MR) is 287 cm³/mol. The highest BCUT2D eigenvalue weighted by Crippen LogP contribution is 2.42. The van der Waals surface area contributed by atoms with Crippen LogP contribution in [0.3, 0.4) is 0 Å². The van der Waals surface area contributed by atoms with Gasteiger partial charge >= 0.3 is 11.9 Å². The number of aliphatic hydroxyl groups is 6. The van der Waals surface area contributed by atoms with Crippen LogP contribution >= 0.6 is 0 Å². The number of hydrogen-bond acceptors (Lipinski definition) is 14. The highest BCUT2D eigenvalue weighted by molar-refractivity contribution is 6.02. The summed E-state index contributed by atoms with van der Waals surface area (Å²) in [6, 6.07) is 0. The molecule has 0 saturated carbocycles. The average Bonchev–Trinajstić information content (AvgIpc) is 3.33. The Balaban J connectivity index is 0.00000889. The summed E-state index contributed by atoms with van der Waals surface area (Å²) in [6.07, 6.45) is 24.9. The quantitative estimate of drug-likeness (QED) is 0.0371. The maximum atomic E-state index is 13.3. The Kier molecular flexibility index (Phi) is 28.4. The summed E-state index contributed by atoms with van der Waals surface area (Å²) >= 11 is 0. The third-order valence-electron chi connectivity index (χ3n) is 12.4.